The van der Waals surface area contributed by atoms with E-state index in [4.69, 9.17) is 6.42 Å². The molecule has 0 radical (unpaired) electrons. The third kappa shape index (κ3) is 2.32. The molecule has 0 spiro atoms. The predicted molar refractivity (Wildman–Crippen MR) is 48.9 cm³/mol. The van der Waals surface area contributed by atoms with Gasteiger partial charge in [-0.3, -0.25) is 0 Å². The Balaban J connectivity index is 3.14. The predicted octanol–water partition coefficient (Wildman–Crippen LogP) is 3.52. The first-order valence-electron chi connectivity index (χ1n) is 4.26. The van der Waals surface area contributed by atoms with Gasteiger partial charge in [-0.1, -0.05) is 18.2 Å². The molecular formula is C11H7F5. The molecule has 1 aromatic rings. The number of halogens is 5. The minimum Gasteiger partial charge on any atom is -0.191 e. The fourth-order valence-electron chi connectivity index (χ4n) is 1.16. The molecule has 0 aliphatic carbocycles. The molecule has 0 N–H and O–H groups in total. The van der Waals surface area contributed by atoms with Crippen LogP contribution in [0.1, 0.15) is 11.1 Å². The van der Waals surface area contributed by atoms with Crippen molar-refractivity contribution in [2.45, 2.75) is 18.5 Å². The summed E-state index contributed by atoms with van der Waals surface area (Å²) in [6, 6.07) is 4.03. The number of hydrogen-bond acceptors (Lipinski definition) is 0. The molecule has 0 aromatic heterocycles. The molecule has 0 amide bonds. The van der Waals surface area contributed by atoms with Gasteiger partial charge >= 0.3 is 12.1 Å². The second kappa shape index (κ2) is 4.12. The van der Waals surface area contributed by atoms with Crippen molar-refractivity contribution < 1.29 is 22.0 Å². The summed E-state index contributed by atoms with van der Waals surface area (Å²) in [6.07, 6.45) is -0.634. The standard InChI is InChI=1S/C11H7F5/c1-2-4-8-5-3-6-9(7-8)10(12,13)11(14,15)16/h1,3,5-7H,4H2. The van der Waals surface area contributed by atoms with Gasteiger partial charge in [0.2, 0.25) is 0 Å². The first-order chi connectivity index (χ1) is 7.29. The summed E-state index contributed by atoms with van der Waals surface area (Å²) < 4.78 is 62.0. The maximum Gasteiger partial charge on any atom is 0.458 e. The average molecular weight is 234 g/mol. The van der Waals surface area contributed by atoms with Crippen molar-refractivity contribution in [3.05, 3.63) is 35.4 Å². The maximum atomic E-state index is 12.9. The van der Waals surface area contributed by atoms with Crippen LogP contribution in [0.4, 0.5) is 22.0 Å². The van der Waals surface area contributed by atoms with E-state index in [0.29, 0.717) is 0 Å². The molecule has 0 nitrogen and oxygen atoms in total. The van der Waals surface area contributed by atoms with E-state index in [1.807, 2.05) is 0 Å². The fourth-order valence-corrected chi connectivity index (χ4v) is 1.16. The van der Waals surface area contributed by atoms with Gasteiger partial charge < -0.3 is 0 Å². The Morgan fingerprint density at radius 1 is 1.12 bits per heavy atom. The van der Waals surface area contributed by atoms with Crippen LogP contribution in [-0.2, 0) is 12.3 Å². The lowest BCUT2D eigenvalue weighted by Crippen LogP contribution is -2.33. The van der Waals surface area contributed by atoms with Crippen molar-refractivity contribution in [2.75, 3.05) is 0 Å². The van der Waals surface area contributed by atoms with Crippen molar-refractivity contribution in [3.63, 3.8) is 0 Å². The number of benzene rings is 1. The van der Waals surface area contributed by atoms with Crippen LogP contribution in [0.3, 0.4) is 0 Å². The molecule has 0 saturated carbocycles. The lowest BCUT2D eigenvalue weighted by molar-refractivity contribution is -0.289. The number of hydrogen-bond donors (Lipinski definition) is 0. The zero-order valence-electron chi connectivity index (χ0n) is 7.98. The number of rotatable bonds is 2. The molecular weight excluding hydrogens is 227 g/mol. The van der Waals surface area contributed by atoms with Crippen molar-refractivity contribution in [2.24, 2.45) is 0 Å². The Bertz CT molecular complexity index is 411. The third-order valence-corrected chi connectivity index (χ3v) is 1.95. The largest absolute Gasteiger partial charge is 0.458 e. The second-order valence-corrected chi connectivity index (χ2v) is 3.15. The number of terminal acetylenes is 1. The van der Waals surface area contributed by atoms with Crippen LogP contribution >= 0.6 is 0 Å². The quantitative estimate of drug-likeness (QED) is 0.542. The maximum absolute atomic E-state index is 12.9. The summed E-state index contributed by atoms with van der Waals surface area (Å²) in [7, 11) is 0. The van der Waals surface area contributed by atoms with E-state index >= 15 is 0 Å². The van der Waals surface area contributed by atoms with Crippen molar-refractivity contribution in [1.29, 1.82) is 0 Å². The van der Waals surface area contributed by atoms with Crippen molar-refractivity contribution in [1.82, 2.24) is 0 Å². The second-order valence-electron chi connectivity index (χ2n) is 3.15. The average Bonchev–Trinajstić information content (AvgIpc) is 2.17. The zero-order chi connectivity index (χ0) is 12.4. The highest BCUT2D eigenvalue weighted by Crippen LogP contribution is 2.43. The summed E-state index contributed by atoms with van der Waals surface area (Å²) in [5.74, 6) is -2.67. The fraction of sp³-hybridized carbons (Fsp3) is 0.273. The van der Waals surface area contributed by atoms with Gasteiger partial charge in [0.15, 0.2) is 0 Å². The molecule has 0 atom stereocenters. The van der Waals surface area contributed by atoms with Crippen molar-refractivity contribution in [3.8, 4) is 12.3 Å². The van der Waals surface area contributed by atoms with Gasteiger partial charge in [0.25, 0.3) is 0 Å². The Labute approximate surface area is 89.1 Å². The molecule has 0 aliphatic heterocycles. The minimum absolute atomic E-state index is 0.0157. The molecule has 1 rings (SSSR count). The van der Waals surface area contributed by atoms with Gasteiger partial charge in [0.1, 0.15) is 0 Å². The molecule has 0 aliphatic rings. The van der Waals surface area contributed by atoms with E-state index in [9.17, 15) is 22.0 Å². The molecule has 0 unspecified atom stereocenters. The van der Waals surface area contributed by atoms with E-state index in [1.54, 1.807) is 0 Å². The lowest BCUT2D eigenvalue weighted by atomic mass is 10.0. The number of alkyl halides is 5. The van der Waals surface area contributed by atoms with Gasteiger partial charge in [-0.05, 0) is 11.6 Å². The summed E-state index contributed by atoms with van der Waals surface area (Å²) >= 11 is 0. The summed E-state index contributed by atoms with van der Waals surface area (Å²) in [5, 5.41) is 0. The van der Waals surface area contributed by atoms with E-state index in [1.165, 1.54) is 6.07 Å². The van der Waals surface area contributed by atoms with Crippen LogP contribution in [0.25, 0.3) is 0 Å². The normalized spacial score (nSPS) is 12.2. The first kappa shape index (κ1) is 12.5. The van der Waals surface area contributed by atoms with Crippen LogP contribution in [0.2, 0.25) is 0 Å². The first-order valence-corrected chi connectivity index (χ1v) is 4.26. The molecule has 16 heavy (non-hydrogen) atoms. The van der Waals surface area contributed by atoms with E-state index in [2.05, 4.69) is 5.92 Å². The Hall–Kier alpha value is -1.57. The topological polar surface area (TPSA) is 0 Å². The molecule has 0 bridgehead atoms. The van der Waals surface area contributed by atoms with Crippen molar-refractivity contribution >= 4 is 0 Å². The smallest absolute Gasteiger partial charge is 0.191 e. The SMILES string of the molecule is C#CCc1cccc(C(F)(F)C(F)(F)F)c1. The van der Waals surface area contributed by atoms with Crippen LogP contribution in [-0.4, -0.2) is 6.18 Å². The van der Waals surface area contributed by atoms with Gasteiger partial charge in [0, 0.05) is 12.0 Å². The highest BCUT2D eigenvalue weighted by Gasteiger charge is 2.58. The van der Waals surface area contributed by atoms with E-state index in [0.717, 1.165) is 18.2 Å². The Kier molecular flexibility index (Phi) is 3.22. The Morgan fingerprint density at radius 2 is 1.75 bits per heavy atom. The Morgan fingerprint density at radius 3 is 2.25 bits per heavy atom. The van der Waals surface area contributed by atoms with Crippen LogP contribution in [0.15, 0.2) is 24.3 Å². The van der Waals surface area contributed by atoms with Crippen LogP contribution in [0, 0.1) is 12.3 Å². The van der Waals surface area contributed by atoms with Gasteiger partial charge in [-0.25, -0.2) is 0 Å². The van der Waals surface area contributed by atoms with E-state index < -0.39 is 17.7 Å². The van der Waals surface area contributed by atoms with Gasteiger partial charge in [-0.15, -0.1) is 12.3 Å². The van der Waals surface area contributed by atoms with Crippen LogP contribution in [0.5, 0.6) is 0 Å². The molecule has 1 aromatic carbocycles. The summed E-state index contributed by atoms with van der Waals surface area (Å²) in [4.78, 5) is 0. The summed E-state index contributed by atoms with van der Waals surface area (Å²) in [6.45, 7) is 0. The van der Waals surface area contributed by atoms with Gasteiger partial charge in [0.05, 0.1) is 0 Å². The van der Waals surface area contributed by atoms with E-state index in [-0.39, 0.29) is 12.0 Å². The molecule has 0 heterocycles. The molecule has 0 saturated heterocycles. The minimum atomic E-state index is -5.60. The molecule has 0 fully saturated rings. The van der Waals surface area contributed by atoms with Gasteiger partial charge in [-0.2, -0.15) is 22.0 Å². The third-order valence-electron chi connectivity index (χ3n) is 1.95. The molecule has 5 heteroatoms. The summed E-state index contributed by atoms with van der Waals surface area (Å²) in [5.41, 5.74) is -0.836. The highest BCUT2D eigenvalue weighted by molar-refractivity contribution is 5.29. The van der Waals surface area contributed by atoms with Crippen LogP contribution < -0.4 is 0 Å². The highest BCUT2D eigenvalue weighted by atomic mass is 19.4. The molecule has 86 valence electrons. The zero-order valence-corrected chi connectivity index (χ0v) is 7.98. The lowest BCUT2D eigenvalue weighted by Gasteiger charge is -2.20. The monoisotopic (exact) mass is 234 g/mol.